The minimum absolute atomic E-state index is 0.0113. The fourth-order valence-electron chi connectivity index (χ4n) is 18.9. The number of anilines is 7. The third-order valence-corrected chi connectivity index (χ3v) is 24.9. The number of fused-ring (bicyclic) bond motifs is 10. The van der Waals surface area contributed by atoms with E-state index in [1.807, 2.05) is 0 Å². The summed E-state index contributed by atoms with van der Waals surface area (Å²) in [4.78, 5) is 7.89. The van der Waals surface area contributed by atoms with Crippen molar-refractivity contribution in [3.63, 3.8) is 0 Å². The van der Waals surface area contributed by atoms with Gasteiger partial charge in [-0.25, -0.2) is 0 Å². The Hall–Kier alpha value is -13.4. The molecule has 2 aliphatic rings. The second-order valence-electron chi connectivity index (χ2n) is 35.7. The molecular weight excluding hydrogens is 1430 g/mol. The number of rotatable bonds is 16. The standard InChI is InChI=1S/C112H96BN5/c1-110(2,3)85-41-30-32-75(63-85)60-76-50-55-99-105(64-76)116(74-98-92(81-37-20-12-21-38-81)47-31-48-93(98)82-39-22-13-23-40-82)108-66-78(73-114-101-49-29-28-46-94(101)97-70-90(54-59-102(97)114)117(88-42-24-14-25-43-88)89-44-26-15-27-45-89)65-107-109(108)113(99)100-56-53-91(118-103-57-51-86(111(4,5)6)68-95(103)96-69-87(112(7,8)9)52-58-104(96)118)71-106(100)115(107)72-77-61-83(79-33-16-10-17-34-79)67-84(62-77)80-35-18-11-19-36-80/h10-59,61-71H,60,72-74H2,1-9H3. The zero-order valence-electron chi connectivity index (χ0n) is 68.9. The molecule has 2 aliphatic heterocycles. The summed E-state index contributed by atoms with van der Waals surface area (Å²) in [6.45, 7) is 22.6. The van der Waals surface area contributed by atoms with Crippen LogP contribution in [0.2, 0.25) is 0 Å². The van der Waals surface area contributed by atoms with Gasteiger partial charge in [0.1, 0.15) is 0 Å². The lowest BCUT2D eigenvalue weighted by atomic mass is 9.33. The summed E-state index contributed by atoms with van der Waals surface area (Å²) >= 11 is 0. The molecule has 0 amide bonds. The van der Waals surface area contributed by atoms with E-state index in [0.717, 1.165) is 29.2 Å². The minimum Gasteiger partial charge on any atom is -0.338 e. The van der Waals surface area contributed by atoms with Crippen LogP contribution in [0.4, 0.5) is 39.8 Å². The summed E-state index contributed by atoms with van der Waals surface area (Å²) in [6.07, 6.45) is 0.779. The minimum atomic E-state index is -0.178. The molecule has 0 atom stereocenters. The Balaban J connectivity index is 0.876. The Morgan fingerprint density at radius 1 is 0.271 bits per heavy atom. The van der Waals surface area contributed by atoms with E-state index in [0.29, 0.717) is 19.6 Å². The second-order valence-corrected chi connectivity index (χ2v) is 35.7. The van der Waals surface area contributed by atoms with E-state index >= 15 is 0 Å². The Labute approximate surface area is 695 Å². The maximum Gasteiger partial charge on any atom is 0.252 e. The molecule has 16 aromatic carbocycles. The van der Waals surface area contributed by atoms with Gasteiger partial charge in [0, 0.05) is 97.7 Å². The topological polar surface area (TPSA) is 19.6 Å². The van der Waals surface area contributed by atoms with Crippen molar-refractivity contribution in [2.75, 3.05) is 14.7 Å². The van der Waals surface area contributed by atoms with Crippen molar-refractivity contribution in [1.29, 1.82) is 0 Å². The number of hydrogen-bond donors (Lipinski definition) is 0. The molecule has 6 heteroatoms. The molecule has 0 bridgehead atoms. The molecule has 0 saturated heterocycles. The monoisotopic (exact) mass is 1520 g/mol. The highest BCUT2D eigenvalue weighted by molar-refractivity contribution is 7.00. The van der Waals surface area contributed by atoms with Crippen LogP contribution in [-0.2, 0) is 42.3 Å². The van der Waals surface area contributed by atoms with Gasteiger partial charge in [-0.1, -0.05) is 311 Å². The summed E-state index contributed by atoms with van der Waals surface area (Å²) in [5, 5.41) is 4.96. The SMILES string of the molecule is CC(C)(C)c1cccc(Cc2ccc3c(c2)N(Cc2c(-c4ccccc4)cccc2-c2ccccc2)c2cc(Cn4c5ccccc5c5cc(N(c6ccccc6)c6ccccc6)ccc54)cc4c2B3c2ccc(-n3c5ccc(C(C)(C)C)cc5c5cc(C(C)(C)C)ccc53)cc2N4Cc2cc(-c3ccccc3)cc(-c3ccccc3)c2)c1. The van der Waals surface area contributed by atoms with E-state index in [1.54, 1.807) is 0 Å². The first-order valence-corrected chi connectivity index (χ1v) is 41.9. The van der Waals surface area contributed by atoms with E-state index in [2.05, 4.69) is 456 Å². The highest BCUT2D eigenvalue weighted by atomic mass is 15.2. The summed E-state index contributed by atoms with van der Waals surface area (Å²) < 4.78 is 5.17. The molecule has 572 valence electrons. The Morgan fingerprint density at radius 2 is 0.712 bits per heavy atom. The maximum absolute atomic E-state index is 2.76. The third-order valence-electron chi connectivity index (χ3n) is 24.9. The molecule has 0 radical (unpaired) electrons. The summed E-state index contributed by atoms with van der Waals surface area (Å²) in [6, 6.07) is 141. The van der Waals surface area contributed by atoms with E-state index in [9.17, 15) is 0 Å². The normalized spacial score (nSPS) is 12.7. The zero-order chi connectivity index (χ0) is 80.1. The molecule has 2 aromatic heterocycles. The molecule has 0 N–H and O–H groups in total. The second kappa shape index (κ2) is 29.4. The maximum atomic E-state index is 2.76. The van der Waals surface area contributed by atoms with Gasteiger partial charge >= 0.3 is 0 Å². The molecule has 118 heavy (non-hydrogen) atoms. The highest BCUT2D eigenvalue weighted by Gasteiger charge is 2.44. The van der Waals surface area contributed by atoms with Crippen molar-refractivity contribution in [2.45, 2.75) is 105 Å². The van der Waals surface area contributed by atoms with Gasteiger partial charge in [-0.05, 0) is 249 Å². The Bertz CT molecular complexity index is 6630. The average molecular weight is 1520 g/mol. The van der Waals surface area contributed by atoms with E-state index in [4.69, 9.17) is 0 Å². The summed E-state index contributed by atoms with van der Waals surface area (Å²) in [5.74, 6) is 0. The average Bonchev–Trinajstić information content (AvgIpc) is 0.755. The fourth-order valence-corrected chi connectivity index (χ4v) is 18.9. The van der Waals surface area contributed by atoms with Crippen LogP contribution in [0.5, 0.6) is 0 Å². The smallest absolute Gasteiger partial charge is 0.252 e. The first kappa shape index (κ1) is 73.5. The lowest BCUT2D eigenvalue weighted by Gasteiger charge is -2.45. The number of benzene rings is 16. The van der Waals surface area contributed by atoms with Gasteiger partial charge in [0.05, 0.1) is 11.0 Å². The molecule has 4 heterocycles. The van der Waals surface area contributed by atoms with Crippen LogP contribution >= 0.6 is 0 Å². The van der Waals surface area contributed by atoms with E-state index in [-0.39, 0.29) is 23.0 Å². The van der Waals surface area contributed by atoms with E-state index < -0.39 is 0 Å². The first-order chi connectivity index (χ1) is 57.4. The first-order valence-electron chi connectivity index (χ1n) is 41.9. The highest BCUT2D eigenvalue weighted by Crippen LogP contribution is 2.48. The lowest BCUT2D eigenvalue weighted by molar-refractivity contribution is 0.589. The molecule has 0 unspecified atom stereocenters. The van der Waals surface area contributed by atoms with E-state index in [1.165, 1.54) is 172 Å². The summed E-state index contributed by atoms with van der Waals surface area (Å²) in [5.41, 5.74) is 37.5. The summed E-state index contributed by atoms with van der Waals surface area (Å²) in [7, 11) is 0. The van der Waals surface area contributed by atoms with Gasteiger partial charge in [-0.3, -0.25) is 0 Å². The quantitative estimate of drug-likeness (QED) is 0.0899. The van der Waals surface area contributed by atoms with Crippen molar-refractivity contribution in [3.8, 4) is 50.2 Å². The Morgan fingerprint density at radius 3 is 1.27 bits per heavy atom. The van der Waals surface area contributed by atoms with Crippen LogP contribution in [0.1, 0.15) is 107 Å². The zero-order valence-corrected chi connectivity index (χ0v) is 68.9. The van der Waals surface area contributed by atoms with Gasteiger partial charge in [-0.2, -0.15) is 0 Å². The molecule has 18 aromatic rings. The predicted molar refractivity (Wildman–Crippen MR) is 503 cm³/mol. The van der Waals surface area contributed by atoms with Crippen molar-refractivity contribution in [3.05, 3.63) is 415 Å². The van der Waals surface area contributed by atoms with Crippen LogP contribution in [0.3, 0.4) is 0 Å². The van der Waals surface area contributed by atoms with Crippen molar-refractivity contribution in [1.82, 2.24) is 9.13 Å². The van der Waals surface area contributed by atoms with Crippen LogP contribution < -0.4 is 31.1 Å². The fraction of sp³-hybridized carbons (Fsp3) is 0.143. The molecule has 20 rings (SSSR count). The predicted octanol–water partition coefficient (Wildman–Crippen LogP) is 27.4. The molecule has 0 saturated carbocycles. The molecule has 0 fully saturated rings. The number of hydrogen-bond acceptors (Lipinski definition) is 3. The van der Waals surface area contributed by atoms with Gasteiger partial charge in [0.25, 0.3) is 6.71 Å². The van der Waals surface area contributed by atoms with Gasteiger partial charge in [-0.15, -0.1) is 0 Å². The number of para-hydroxylation sites is 3. The number of nitrogens with zero attached hydrogens (tertiary/aromatic N) is 5. The molecule has 5 nitrogen and oxygen atoms in total. The van der Waals surface area contributed by atoms with Crippen molar-refractivity contribution >= 4 is 107 Å². The number of aromatic nitrogens is 2. The van der Waals surface area contributed by atoms with Crippen molar-refractivity contribution < 1.29 is 0 Å². The largest absolute Gasteiger partial charge is 0.338 e. The molecule has 0 aliphatic carbocycles. The Kier molecular flexibility index (Phi) is 18.3. The lowest BCUT2D eigenvalue weighted by Crippen LogP contribution is -2.62. The molecular formula is C112H96BN5. The van der Waals surface area contributed by atoms with Gasteiger partial charge in [0.15, 0.2) is 0 Å². The van der Waals surface area contributed by atoms with Crippen LogP contribution in [0.15, 0.2) is 370 Å². The van der Waals surface area contributed by atoms with Crippen molar-refractivity contribution in [2.24, 2.45) is 0 Å². The van der Waals surface area contributed by atoms with Crippen LogP contribution in [0, 0.1) is 0 Å². The van der Waals surface area contributed by atoms with Crippen LogP contribution in [0.25, 0.3) is 93.8 Å². The molecule has 0 spiro atoms. The van der Waals surface area contributed by atoms with Gasteiger partial charge in [0.2, 0.25) is 0 Å². The third kappa shape index (κ3) is 13.4. The van der Waals surface area contributed by atoms with Crippen LogP contribution in [-0.4, -0.2) is 15.8 Å². The van der Waals surface area contributed by atoms with Gasteiger partial charge < -0.3 is 23.8 Å².